The summed E-state index contributed by atoms with van der Waals surface area (Å²) in [6.07, 6.45) is -9.65. The smallest absolute Gasteiger partial charge is 0.478 e. The van der Waals surface area contributed by atoms with Crippen LogP contribution in [0.25, 0.3) is 11.2 Å². The number of amides is 1. The minimum atomic E-state index is -5.62. The normalized spacial score (nSPS) is 31.6. The highest BCUT2D eigenvalue weighted by Gasteiger charge is 2.48. The van der Waals surface area contributed by atoms with E-state index in [-0.39, 0.29) is 28.4 Å². The van der Waals surface area contributed by atoms with Crippen molar-refractivity contribution in [2.45, 2.75) is 49.0 Å². The van der Waals surface area contributed by atoms with E-state index in [1.165, 1.54) is 29.1 Å². The number of carbonyl (C=O) groups is 1. The second-order valence-corrected chi connectivity index (χ2v) is 12.7. The molecular formula is C21H27N7O14P2. The number of rotatable bonds is 11. The molecule has 3 aromatic heterocycles. The van der Waals surface area contributed by atoms with Crippen molar-refractivity contribution >= 4 is 38.5 Å². The van der Waals surface area contributed by atoms with E-state index in [0.29, 0.717) is 0 Å². The Morgan fingerprint density at radius 3 is 2.43 bits per heavy atom. The van der Waals surface area contributed by atoms with Crippen LogP contribution in [0.4, 0.5) is 5.82 Å². The zero-order valence-corrected chi connectivity index (χ0v) is 24.0. The number of aromatic amines is 1. The molecule has 0 aliphatic carbocycles. The molecule has 2 saturated heterocycles. The van der Waals surface area contributed by atoms with Gasteiger partial charge in [-0.2, -0.15) is 0 Å². The summed E-state index contributed by atoms with van der Waals surface area (Å²) < 4.78 is 50.3. The molecule has 10 N–H and O–H groups in total. The van der Waals surface area contributed by atoms with Gasteiger partial charge in [-0.25, -0.2) is 28.8 Å². The van der Waals surface area contributed by atoms with Gasteiger partial charge in [-0.05, 0) is 6.07 Å². The molecule has 3 aromatic rings. The number of fused-ring (bicyclic) bond motifs is 1. The summed E-state index contributed by atoms with van der Waals surface area (Å²) in [4.78, 5) is 48.1. The fourth-order valence-electron chi connectivity index (χ4n) is 4.60. The van der Waals surface area contributed by atoms with Crippen LogP contribution in [0, 0.1) is 0 Å². The van der Waals surface area contributed by atoms with Crippen molar-refractivity contribution in [3.8, 4) is 0 Å². The molecule has 2 aliphatic heterocycles. The number of nitrogen functional groups attached to an aromatic ring is 1. The predicted octanol–water partition coefficient (Wildman–Crippen LogP) is -3.58. The lowest BCUT2D eigenvalue weighted by Crippen LogP contribution is -2.34. The number of nitrogens with two attached hydrogens (primary N) is 2. The molecule has 0 spiro atoms. The first-order valence-corrected chi connectivity index (χ1v) is 15.6. The van der Waals surface area contributed by atoms with Crippen LogP contribution in [-0.4, -0.2) is 101 Å². The molecule has 21 nitrogen and oxygen atoms in total. The van der Waals surface area contributed by atoms with Crippen LogP contribution in [0.3, 0.4) is 0 Å². The molecule has 1 amide bonds. The van der Waals surface area contributed by atoms with E-state index in [2.05, 4.69) is 33.3 Å². The zero-order chi connectivity index (χ0) is 32.0. The van der Waals surface area contributed by atoms with Gasteiger partial charge in [-0.3, -0.25) is 18.5 Å². The van der Waals surface area contributed by atoms with Gasteiger partial charge < -0.3 is 55.7 Å². The van der Waals surface area contributed by atoms with E-state index in [0.717, 1.165) is 6.33 Å². The molecule has 2 unspecified atom stereocenters. The molecule has 240 valence electrons. The Labute approximate surface area is 246 Å². The van der Waals surface area contributed by atoms with E-state index >= 15 is 0 Å². The third kappa shape index (κ3) is 6.65. The maximum atomic E-state index is 12.4. The SMILES string of the molecule is NC(=O)c1cccc([C@@H]2O[C@@H](COP(=O)([O-])OP(=O)(O)OC[C@@H]3O[C@@H](n4cnc5c(N)ncnc54)[C@H](O)[C@H]3O)[C@H](O)[C@H]2O)[nH+]1. The number of anilines is 1. The summed E-state index contributed by atoms with van der Waals surface area (Å²) in [5.74, 6) is -0.764. The van der Waals surface area contributed by atoms with Crippen LogP contribution in [0.15, 0.2) is 30.9 Å². The number of hydrogen-bond acceptors (Lipinski definition) is 17. The second-order valence-electron chi connectivity index (χ2n) is 9.68. The number of nitrogens with zero attached hydrogens (tertiary/aromatic N) is 4. The average molecular weight is 663 g/mol. The lowest BCUT2D eigenvalue weighted by molar-refractivity contribution is -0.405. The lowest BCUT2D eigenvalue weighted by Gasteiger charge is -2.26. The van der Waals surface area contributed by atoms with Crippen molar-refractivity contribution in [2.75, 3.05) is 18.9 Å². The molecule has 23 heteroatoms. The first kappa shape index (κ1) is 32.4. The Kier molecular flexibility index (Phi) is 9.13. The first-order chi connectivity index (χ1) is 20.7. The van der Waals surface area contributed by atoms with Crippen LogP contribution in [0.2, 0.25) is 0 Å². The number of carbonyl (C=O) groups excluding carboxylic acids is 1. The van der Waals surface area contributed by atoms with Crippen LogP contribution in [-0.2, 0) is 32.0 Å². The number of aliphatic hydroxyl groups excluding tert-OH is 4. The summed E-state index contributed by atoms with van der Waals surface area (Å²) in [7, 11) is -11.1. The molecule has 0 saturated carbocycles. The Balaban J connectivity index is 1.16. The Bertz CT molecular complexity index is 1630. The summed E-state index contributed by atoms with van der Waals surface area (Å²) in [6, 6.07) is 4.21. The monoisotopic (exact) mass is 663 g/mol. The summed E-state index contributed by atoms with van der Waals surface area (Å²) in [5.41, 5.74) is 11.4. The van der Waals surface area contributed by atoms with Gasteiger partial charge in [-0.15, -0.1) is 0 Å². The van der Waals surface area contributed by atoms with Gasteiger partial charge in [0, 0.05) is 12.1 Å². The van der Waals surface area contributed by atoms with Gasteiger partial charge in [0.2, 0.25) is 5.69 Å². The molecule has 10 atom stereocenters. The highest BCUT2D eigenvalue weighted by atomic mass is 31.3. The van der Waals surface area contributed by atoms with Crippen molar-refractivity contribution in [3.63, 3.8) is 0 Å². The fraction of sp³-hybridized carbons (Fsp3) is 0.476. The minimum absolute atomic E-state index is 0.0285. The summed E-state index contributed by atoms with van der Waals surface area (Å²) >= 11 is 0. The number of hydrogen-bond donors (Lipinski definition) is 7. The maximum Gasteiger partial charge on any atom is 0.478 e. The van der Waals surface area contributed by atoms with Crippen molar-refractivity contribution in [1.29, 1.82) is 0 Å². The van der Waals surface area contributed by atoms with E-state index in [1.54, 1.807) is 0 Å². The largest absolute Gasteiger partial charge is 0.756 e. The van der Waals surface area contributed by atoms with Gasteiger partial charge in [0.05, 0.1) is 19.5 Å². The van der Waals surface area contributed by atoms with Crippen LogP contribution < -0.4 is 21.3 Å². The van der Waals surface area contributed by atoms with Crippen molar-refractivity contribution in [2.24, 2.45) is 5.73 Å². The van der Waals surface area contributed by atoms with Crippen molar-refractivity contribution in [3.05, 3.63) is 42.2 Å². The molecule has 0 bridgehead atoms. The van der Waals surface area contributed by atoms with Gasteiger partial charge in [0.25, 0.3) is 13.5 Å². The van der Waals surface area contributed by atoms with Crippen LogP contribution in [0.1, 0.15) is 28.5 Å². The minimum Gasteiger partial charge on any atom is -0.756 e. The van der Waals surface area contributed by atoms with E-state index < -0.39 is 83.7 Å². The van der Waals surface area contributed by atoms with Gasteiger partial charge in [-0.1, -0.05) is 0 Å². The summed E-state index contributed by atoms with van der Waals surface area (Å²) in [5, 5.41) is 41.6. The Morgan fingerprint density at radius 1 is 1.02 bits per heavy atom. The highest BCUT2D eigenvalue weighted by molar-refractivity contribution is 7.60. The molecule has 2 fully saturated rings. The van der Waals surface area contributed by atoms with Crippen molar-refractivity contribution in [1.82, 2.24) is 19.5 Å². The molecule has 2 aliphatic rings. The van der Waals surface area contributed by atoms with Crippen LogP contribution in [0.5, 0.6) is 0 Å². The van der Waals surface area contributed by atoms with Crippen molar-refractivity contribution < 1.29 is 72.0 Å². The zero-order valence-electron chi connectivity index (χ0n) is 22.2. The molecular weight excluding hydrogens is 636 g/mol. The van der Waals surface area contributed by atoms with E-state index in [4.69, 9.17) is 20.9 Å². The first-order valence-electron chi connectivity index (χ1n) is 12.6. The number of phosphoric acid groups is 2. The molecule has 0 radical (unpaired) electrons. The average Bonchev–Trinajstić information content (AvgIpc) is 3.61. The molecule has 5 heterocycles. The number of H-pyrrole nitrogens is 1. The molecule has 5 rings (SSSR count). The van der Waals surface area contributed by atoms with Gasteiger partial charge in [0.15, 0.2) is 23.8 Å². The number of aliphatic hydroxyl groups is 4. The number of aromatic nitrogens is 5. The maximum absolute atomic E-state index is 12.4. The predicted molar refractivity (Wildman–Crippen MR) is 137 cm³/mol. The quantitative estimate of drug-likeness (QED) is 0.0975. The highest BCUT2D eigenvalue weighted by Crippen LogP contribution is 2.58. The third-order valence-corrected chi connectivity index (χ3v) is 9.32. The number of primary amides is 1. The Hall–Kier alpha value is -3.01. The topological polar surface area (TPSA) is 331 Å². The lowest BCUT2D eigenvalue weighted by atomic mass is 10.1. The number of phosphoric ester groups is 2. The molecule has 0 aromatic carbocycles. The van der Waals surface area contributed by atoms with E-state index in [1.807, 2.05) is 0 Å². The van der Waals surface area contributed by atoms with Gasteiger partial charge in [0.1, 0.15) is 48.5 Å². The third-order valence-electron chi connectivity index (χ3n) is 6.75. The van der Waals surface area contributed by atoms with Crippen LogP contribution >= 0.6 is 15.6 Å². The van der Waals surface area contributed by atoms with Gasteiger partial charge >= 0.3 is 13.7 Å². The number of pyridine rings is 1. The molecule has 44 heavy (non-hydrogen) atoms. The number of imidazole rings is 1. The van der Waals surface area contributed by atoms with E-state index in [9.17, 15) is 44.1 Å². The number of nitrogens with one attached hydrogen (secondary N) is 1. The second kappa shape index (κ2) is 12.4. The fourth-order valence-corrected chi connectivity index (χ4v) is 6.65. The standard InChI is InChI=1S/C21H27N7O14P2/c22-18-12-20(25-6-24-18)28(7-26-12)21-16(32)14(30)11(41-21)5-39-44(36,37)42-43(34,35)38-4-10-13(29)15(31)17(40-10)8-2-1-3-9(27-8)19(23)33/h1-3,6-7,10-11,13-17,21,29-32H,4-5H2,(H2,23,33)(H,34,35)(H,36,37)(H2,22,24,25)/t10-,11-,13-,14-,15+,16+,17-,21+/m0/s1. The summed E-state index contributed by atoms with van der Waals surface area (Å²) in [6.45, 7) is -1.89. The number of ether oxygens (including phenoxy) is 2. The Morgan fingerprint density at radius 2 is 1.70 bits per heavy atom.